The first-order valence-corrected chi connectivity index (χ1v) is 13.0. The Hall–Kier alpha value is -3.48. The van der Waals surface area contributed by atoms with Crippen LogP contribution in [0.25, 0.3) is 10.9 Å². The second-order valence-electron chi connectivity index (χ2n) is 11.7. The fourth-order valence-corrected chi connectivity index (χ4v) is 4.69. The Bertz CT molecular complexity index is 1230. The van der Waals surface area contributed by atoms with Crippen molar-refractivity contribution in [3.05, 3.63) is 65.9 Å². The molecule has 1 N–H and O–H groups in total. The number of H-pyrrole nitrogens is 1. The van der Waals surface area contributed by atoms with Crippen LogP contribution < -0.4 is 4.90 Å². The summed E-state index contributed by atoms with van der Waals surface area (Å²) in [6, 6.07) is 16.8. The first kappa shape index (κ1) is 26.6. The van der Waals surface area contributed by atoms with Crippen molar-refractivity contribution in [1.82, 2.24) is 9.88 Å². The van der Waals surface area contributed by atoms with Crippen LogP contribution >= 0.6 is 0 Å². The van der Waals surface area contributed by atoms with Gasteiger partial charge in [-0.15, -0.1) is 0 Å². The van der Waals surface area contributed by atoms with Crippen LogP contribution in [0.5, 0.6) is 0 Å². The number of esters is 1. The molecule has 1 amide bonds. The van der Waals surface area contributed by atoms with Crippen molar-refractivity contribution in [2.45, 2.75) is 78.2 Å². The van der Waals surface area contributed by atoms with E-state index in [1.807, 2.05) is 53.7 Å². The highest BCUT2D eigenvalue weighted by Gasteiger charge is 2.30. The summed E-state index contributed by atoms with van der Waals surface area (Å²) < 4.78 is 11.2. The zero-order valence-corrected chi connectivity index (χ0v) is 22.8. The van der Waals surface area contributed by atoms with Crippen molar-refractivity contribution in [3.8, 4) is 0 Å². The van der Waals surface area contributed by atoms with Gasteiger partial charge in [-0.05, 0) is 78.1 Å². The standard InChI is InChI=1S/C30H39N3O4/c1-29(2,3)36-27(34)25-19-31-26-13-12-23(18-24(25)26)33(20-21-10-8-7-9-11-21)22-14-16-32(17-15-22)28(35)37-30(4,5)6/h7-13,18-19,22,31H,14-17,20H2,1-6H3. The number of hydrogen-bond acceptors (Lipinski definition) is 5. The lowest BCUT2D eigenvalue weighted by Crippen LogP contribution is -2.48. The van der Waals surface area contributed by atoms with Crippen LogP contribution in [0.1, 0.15) is 70.3 Å². The average Bonchev–Trinajstić information content (AvgIpc) is 3.25. The number of fused-ring (bicyclic) bond motifs is 1. The van der Waals surface area contributed by atoms with Gasteiger partial charge in [0.2, 0.25) is 0 Å². The third-order valence-electron chi connectivity index (χ3n) is 6.37. The second kappa shape index (κ2) is 10.5. The zero-order chi connectivity index (χ0) is 26.8. The SMILES string of the molecule is CC(C)(C)OC(=O)c1c[nH]c2ccc(N(Cc3ccccc3)C3CCN(C(=O)OC(C)(C)C)CC3)cc12. The number of benzene rings is 2. The second-order valence-corrected chi connectivity index (χ2v) is 11.7. The Morgan fingerprint density at radius 2 is 1.59 bits per heavy atom. The fourth-order valence-electron chi connectivity index (χ4n) is 4.69. The molecular weight excluding hydrogens is 466 g/mol. The number of carbonyl (C=O) groups excluding carboxylic acids is 2. The van der Waals surface area contributed by atoms with E-state index in [1.54, 1.807) is 11.1 Å². The molecule has 7 heteroatoms. The molecule has 0 atom stereocenters. The zero-order valence-electron chi connectivity index (χ0n) is 22.8. The molecule has 2 heterocycles. The van der Waals surface area contributed by atoms with Gasteiger partial charge in [0, 0.05) is 48.5 Å². The predicted octanol–water partition coefficient (Wildman–Crippen LogP) is 6.53. The molecule has 0 aliphatic carbocycles. The minimum Gasteiger partial charge on any atom is -0.456 e. The number of amides is 1. The summed E-state index contributed by atoms with van der Waals surface area (Å²) in [6.45, 7) is 13.3. The number of rotatable bonds is 5. The van der Waals surface area contributed by atoms with Crippen LogP contribution in [0.4, 0.5) is 10.5 Å². The van der Waals surface area contributed by atoms with Gasteiger partial charge in [0.05, 0.1) is 5.56 Å². The van der Waals surface area contributed by atoms with Gasteiger partial charge in [-0.25, -0.2) is 9.59 Å². The molecule has 2 aromatic carbocycles. The quantitative estimate of drug-likeness (QED) is 0.399. The van der Waals surface area contributed by atoms with Crippen LogP contribution in [-0.2, 0) is 16.0 Å². The van der Waals surface area contributed by atoms with Crippen LogP contribution in [-0.4, -0.2) is 52.3 Å². The lowest BCUT2D eigenvalue weighted by Gasteiger charge is -2.40. The highest BCUT2D eigenvalue weighted by atomic mass is 16.6. The molecule has 1 fully saturated rings. The number of aromatic nitrogens is 1. The van der Waals surface area contributed by atoms with Crippen molar-refractivity contribution in [2.24, 2.45) is 0 Å². The molecule has 7 nitrogen and oxygen atoms in total. The highest BCUT2D eigenvalue weighted by Crippen LogP contribution is 2.31. The van der Waals surface area contributed by atoms with Gasteiger partial charge in [-0.2, -0.15) is 0 Å². The predicted molar refractivity (Wildman–Crippen MR) is 147 cm³/mol. The third kappa shape index (κ3) is 6.85. The van der Waals surface area contributed by atoms with Crippen LogP contribution in [0.15, 0.2) is 54.7 Å². The van der Waals surface area contributed by atoms with E-state index in [9.17, 15) is 9.59 Å². The topological polar surface area (TPSA) is 74.9 Å². The van der Waals surface area contributed by atoms with E-state index in [-0.39, 0.29) is 18.1 Å². The average molecular weight is 506 g/mol. The van der Waals surface area contributed by atoms with Gasteiger partial charge in [-0.3, -0.25) is 0 Å². The lowest BCUT2D eigenvalue weighted by atomic mass is 10.0. The molecule has 1 aromatic heterocycles. The molecule has 1 saturated heterocycles. The number of anilines is 1. The molecule has 3 aromatic rings. The summed E-state index contributed by atoms with van der Waals surface area (Å²) in [4.78, 5) is 32.9. The molecule has 0 radical (unpaired) electrons. The summed E-state index contributed by atoms with van der Waals surface area (Å²) >= 11 is 0. The molecule has 37 heavy (non-hydrogen) atoms. The largest absolute Gasteiger partial charge is 0.456 e. The Balaban J connectivity index is 1.60. The van der Waals surface area contributed by atoms with Gasteiger partial charge < -0.3 is 24.3 Å². The van der Waals surface area contributed by atoms with E-state index in [2.05, 4.69) is 46.3 Å². The summed E-state index contributed by atoms with van der Waals surface area (Å²) in [5.41, 5.74) is 2.59. The molecule has 4 rings (SSSR count). The Kier molecular flexibility index (Phi) is 7.53. The summed E-state index contributed by atoms with van der Waals surface area (Å²) in [5.74, 6) is -0.337. The Labute approximate surface area is 219 Å². The number of likely N-dealkylation sites (tertiary alicyclic amines) is 1. The molecular formula is C30H39N3O4. The van der Waals surface area contributed by atoms with E-state index in [1.165, 1.54) is 5.56 Å². The van der Waals surface area contributed by atoms with Gasteiger partial charge >= 0.3 is 12.1 Å². The van der Waals surface area contributed by atoms with E-state index >= 15 is 0 Å². The highest BCUT2D eigenvalue weighted by molar-refractivity contribution is 6.05. The number of nitrogens with zero attached hydrogens (tertiary/aromatic N) is 2. The van der Waals surface area contributed by atoms with E-state index in [0.717, 1.165) is 36.0 Å². The van der Waals surface area contributed by atoms with Gasteiger partial charge in [-0.1, -0.05) is 30.3 Å². The first-order valence-electron chi connectivity index (χ1n) is 13.0. The van der Waals surface area contributed by atoms with Crippen molar-refractivity contribution in [2.75, 3.05) is 18.0 Å². The number of aromatic amines is 1. The first-order chi connectivity index (χ1) is 17.4. The monoisotopic (exact) mass is 505 g/mol. The molecule has 0 spiro atoms. The van der Waals surface area contributed by atoms with Gasteiger partial charge in [0.25, 0.3) is 0 Å². The minimum atomic E-state index is -0.570. The number of carbonyl (C=O) groups is 2. The van der Waals surface area contributed by atoms with Crippen molar-refractivity contribution < 1.29 is 19.1 Å². The summed E-state index contributed by atoms with van der Waals surface area (Å²) in [7, 11) is 0. The molecule has 1 aliphatic rings. The van der Waals surface area contributed by atoms with Crippen LogP contribution in [0, 0.1) is 0 Å². The number of hydrogen-bond donors (Lipinski definition) is 1. The number of piperidine rings is 1. The van der Waals surface area contributed by atoms with Crippen LogP contribution in [0.3, 0.4) is 0 Å². The lowest BCUT2D eigenvalue weighted by molar-refractivity contribution is 0.00709. The van der Waals surface area contributed by atoms with Crippen molar-refractivity contribution in [1.29, 1.82) is 0 Å². The molecule has 0 bridgehead atoms. The maximum Gasteiger partial charge on any atom is 0.410 e. The Morgan fingerprint density at radius 1 is 0.946 bits per heavy atom. The number of nitrogens with one attached hydrogen (secondary N) is 1. The molecule has 1 aliphatic heterocycles. The smallest absolute Gasteiger partial charge is 0.410 e. The van der Waals surface area contributed by atoms with Crippen molar-refractivity contribution in [3.63, 3.8) is 0 Å². The third-order valence-corrected chi connectivity index (χ3v) is 6.37. The normalized spacial score (nSPS) is 15.0. The molecule has 198 valence electrons. The Morgan fingerprint density at radius 3 is 2.22 bits per heavy atom. The number of ether oxygens (including phenoxy) is 2. The van der Waals surface area contributed by atoms with Crippen LogP contribution in [0.2, 0.25) is 0 Å². The fraction of sp³-hybridized carbons (Fsp3) is 0.467. The maximum atomic E-state index is 12.9. The summed E-state index contributed by atoms with van der Waals surface area (Å²) in [5, 5.41) is 0.844. The molecule has 0 unspecified atom stereocenters. The van der Waals surface area contributed by atoms with Gasteiger partial charge in [0.1, 0.15) is 11.2 Å². The van der Waals surface area contributed by atoms with Gasteiger partial charge in [0.15, 0.2) is 0 Å². The van der Waals surface area contributed by atoms with E-state index < -0.39 is 11.2 Å². The minimum absolute atomic E-state index is 0.236. The maximum absolute atomic E-state index is 12.9. The summed E-state index contributed by atoms with van der Waals surface area (Å²) in [6.07, 6.45) is 3.13. The van der Waals surface area contributed by atoms with E-state index in [4.69, 9.17) is 9.47 Å². The van der Waals surface area contributed by atoms with Crippen molar-refractivity contribution >= 4 is 28.7 Å². The molecule has 0 saturated carbocycles. The van der Waals surface area contributed by atoms with E-state index in [0.29, 0.717) is 18.7 Å².